The van der Waals surface area contributed by atoms with Gasteiger partial charge in [-0.3, -0.25) is 0 Å². The summed E-state index contributed by atoms with van der Waals surface area (Å²) in [6.45, 7) is 0. The Labute approximate surface area is 34.2 Å². The molecule has 0 aliphatic heterocycles. The van der Waals surface area contributed by atoms with Gasteiger partial charge in [-0.2, -0.15) is 13.5 Å². The quantitative estimate of drug-likeness (QED) is 0.461. The minimum atomic E-state index is 0. The first-order chi connectivity index (χ1) is 0. The second kappa shape index (κ2) is 231. The molecule has 0 fully saturated rings. The standard InChI is InChI=1S/CH4.2H3N.H2S/h1H4;2*1H3;1H2. The van der Waals surface area contributed by atoms with E-state index in [1.807, 2.05) is 0 Å². The molecule has 0 spiro atoms. The van der Waals surface area contributed by atoms with E-state index in [-0.39, 0.29) is 33.2 Å². The van der Waals surface area contributed by atoms with E-state index in [0.717, 1.165) is 0 Å². The zero-order valence-corrected chi connectivity index (χ0v) is 2.91. The van der Waals surface area contributed by atoms with E-state index in [4.69, 9.17) is 0 Å². The summed E-state index contributed by atoms with van der Waals surface area (Å²) in [4.78, 5) is 0. The number of hydrogen-bond donors (Lipinski definition) is 2. The fourth-order valence-corrected chi connectivity index (χ4v) is 0. The summed E-state index contributed by atoms with van der Waals surface area (Å²) in [7, 11) is 0. The van der Waals surface area contributed by atoms with Crippen molar-refractivity contribution in [1.82, 2.24) is 12.3 Å². The molecule has 0 bridgehead atoms. The van der Waals surface area contributed by atoms with Gasteiger partial charge in [0.15, 0.2) is 0 Å². The van der Waals surface area contributed by atoms with E-state index in [0.29, 0.717) is 0 Å². The predicted molar refractivity (Wildman–Crippen MR) is 27.2 cm³/mol. The lowest BCUT2D eigenvalue weighted by Crippen LogP contribution is -0.482. The topological polar surface area (TPSA) is 70.0 Å². The molecule has 0 amide bonds. The molecular weight excluding hydrogens is 72.1 g/mol. The van der Waals surface area contributed by atoms with Crippen LogP contribution in [0.2, 0.25) is 0 Å². The van der Waals surface area contributed by atoms with Crippen molar-refractivity contribution in [2.75, 3.05) is 0 Å². The number of rotatable bonds is 0. The molecule has 0 rings (SSSR count). The summed E-state index contributed by atoms with van der Waals surface area (Å²) < 4.78 is 0. The monoisotopic (exact) mass is 84.1 g/mol. The summed E-state index contributed by atoms with van der Waals surface area (Å²) in [6.07, 6.45) is 0. The fraction of sp³-hybridized carbons (Fsp3) is 1.00. The second-order valence-corrected chi connectivity index (χ2v) is 0. The highest BCUT2D eigenvalue weighted by Crippen LogP contribution is 0.648. The molecule has 6 N–H and O–H groups in total. The highest BCUT2D eigenvalue weighted by Gasteiger charge is -0.0775. The summed E-state index contributed by atoms with van der Waals surface area (Å²) in [5.41, 5.74) is 0. The lowest BCUT2D eigenvalue weighted by Gasteiger charge is -0.345. The van der Waals surface area contributed by atoms with Crippen molar-refractivity contribution >= 4 is 13.5 Å². The Morgan fingerprint density at radius 3 is 0.750 bits per heavy atom. The molecule has 0 radical (unpaired) electrons. The van der Waals surface area contributed by atoms with E-state index < -0.39 is 0 Å². The van der Waals surface area contributed by atoms with Gasteiger partial charge < -0.3 is 12.3 Å². The van der Waals surface area contributed by atoms with Gasteiger partial charge in [0.2, 0.25) is 0 Å². The molecule has 0 saturated heterocycles. The molecule has 0 aliphatic rings. The lowest BCUT2D eigenvalue weighted by molar-refractivity contribution is 2.13. The first-order valence-electron chi connectivity index (χ1n) is 0. The predicted octanol–water partition coefficient (Wildman–Crippen LogP) is 1.07. The minimum Gasteiger partial charge on any atom is -0.344 e. The van der Waals surface area contributed by atoms with Crippen molar-refractivity contribution in [1.29, 1.82) is 0 Å². The van der Waals surface area contributed by atoms with Gasteiger partial charge in [-0.25, -0.2) is 0 Å². The molecule has 0 atom stereocenters. The Morgan fingerprint density at radius 1 is 0.750 bits per heavy atom. The molecule has 0 aromatic rings. The average molecular weight is 84.2 g/mol. The molecule has 4 heavy (non-hydrogen) atoms. The van der Waals surface area contributed by atoms with Crippen LogP contribution in [-0.2, 0) is 0 Å². The summed E-state index contributed by atoms with van der Waals surface area (Å²) in [6, 6.07) is 0. The fourth-order valence-electron chi connectivity index (χ4n) is 0. The van der Waals surface area contributed by atoms with Gasteiger partial charge in [-0.1, -0.05) is 7.43 Å². The van der Waals surface area contributed by atoms with Gasteiger partial charge in [0.1, 0.15) is 0 Å². The van der Waals surface area contributed by atoms with E-state index in [2.05, 4.69) is 0 Å². The molecule has 2 nitrogen and oxygen atoms in total. The van der Waals surface area contributed by atoms with E-state index in [1.165, 1.54) is 0 Å². The van der Waals surface area contributed by atoms with Crippen molar-refractivity contribution in [2.45, 2.75) is 7.43 Å². The summed E-state index contributed by atoms with van der Waals surface area (Å²) in [5.74, 6) is 0. The first-order valence-corrected chi connectivity index (χ1v) is 0. The highest BCUT2D eigenvalue weighted by molar-refractivity contribution is 7.59. The van der Waals surface area contributed by atoms with Crippen LogP contribution in [0.1, 0.15) is 7.43 Å². The van der Waals surface area contributed by atoms with Crippen LogP contribution in [0.25, 0.3) is 0 Å². The smallest absolute Gasteiger partial charge is 0.0776 e. The van der Waals surface area contributed by atoms with Gasteiger partial charge in [-0.05, 0) is 0 Å². The Morgan fingerprint density at radius 2 is 0.750 bits per heavy atom. The molecule has 32 valence electrons. The third-order valence-electron chi connectivity index (χ3n) is 0. The second-order valence-electron chi connectivity index (χ2n) is 0. The van der Waals surface area contributed by atoms with E-state index in [9.17, 15) is 0 Å². The molecule has 0 aromatic carbocycles. The van der Waals surface area contributed by atoms with Crippen molar-refractivity contribution in [3.05, 3.63) is 0 Å². The van der Waals surface area contributed by atoms with E-state index in [1.54, 1.807) is 0 Å². The Bertz CT molecular complexity index is 6.00. The van der Waals surface area contributed by atoms with Gasteiger partial charge in [0.25, 0.3) is 0 Å². The summed E-state index contributed by atoms with van der Waals surface area (Å²) in [5, 5.41) is 0. The zero-order valence-electron chi connectivity index (χ0n) is 1.91. The third-order valence-corrected chi connectivity index (χ3v) is 0. The van der Waals surface area contributed by atoms with Crippen molar-refractivity contribution in [3.8, 4) is 0 Å². The van der Waals surface area contributed by atoms with Gasteiger partial charge in [0, 0.05) is 0 Å². The third kappa shape index (κ3) is 50.2. The van der Waals surface area contributed by atoms with Crippen LogP contribution in [0.5, 0.6) is 0 Å². The van der Waals surface area contributed by atoms with Gasteiger partial charge >= 0.3 is 0 Å². The molecule has 0 heterocycles. The van der Waals surface area contributed by atoms with Crippen LogP contribution in [0.3, 0.4) is 0 Å². The normalized spacial score (nSPS) is 0. The van der Waals surface area contributed by atoms with Crippen molar-refractivity contribution in [3.63, 3.8) is 0 Å². The molecule has 3 heteroatoms. The van der Waals surface area contributed by atoms with E-state index >= 15 is 0 Å². The minimum absolute atomic E-state index is 0. The number of hydrogen-bond acceptors (Lipinski definition) is 2. The summed E-state index contributed by atoms with van der Waals surface area (Å²) >= 11 is 0. The van der Waals surface area contributed by atoms with Crippen LogP contribution in [-0.4, -0.2) is 0 Å². The van der Waals surface area contributed by atoms with Crippen LogP contribution < -0.4 is 12.3 Å². The van der Waals surface area contributed by atoms with Crippen molar-refractivity contribution < 1.29 is 0 Å². The highest BCUT2D eigenvalue weighted by atomic mass is 32.1. The molecule has 0 aromatic heterocycles. The largest absolute Gasteiger partial charge is 0.344 e. The Hall–Kier alpha value is 0.270. The zero-order chi connectivity index (χ0) is 0. The maximum absolute atomic E-state index is 0. The van der Waals surface area contributed by atoms with Crippen LogP contribution >= 0.6 is 13.5 Å². The Balaban J connectivity index is 0. The van der Waals surface area contributed by atoms with Gasteiger partial charge in [-0.15, -0.1) is 0 Å². The first kappa shape index (κ1) is 626. The Kier molecular flexibility index (Phi) is 36200. The molecule has 0 aliphatic carbocycles. The lowest BCUT2D eigenvalue weighted by atomic mass is 12.0. The SMILES string of the molecule is C.N.N.S. The molecular formula is CH12N2S. The van der Waals surface area contributed by atoms with Crippen LogP contribution in [0.4, 0.5) is 0 Å². The van der Waals surface area contributed by atoms with Crippen molar-refractivity contribution in [2.24, 2.45) is 0 Å². The van der Waals surface area contributed by atoms with Gasteiger partial charge in [0.05, 0.1) is 0 Å². The molecule has 0 saturated carbocycles. The maximum Gasteiger partial charge on any atom is -0.0776 e. The van der Waals surface area contributed by atoms with Crippen LogP contribution in [0, 0.1) is 0 Å². The van der Waals surface area contributed by atoms with Crippen LogP contribution in [0.15, 0.2) is 0 Å². The molecule has 0 unspecified atom stereocenters. The average Bonchev–Trinajstić information content (AvgIpc) is 0. The maximum atomic E-state index is 0.